The lowest BCUT2D eigenvalue weighted by atomic mass is 10.0. The molecule has 2 rings (SSSR count). The summed E-state index contributed by atoms with van der Waals surface area (Å²) in [6, 6.07) is 0. The Kier molecular flexibility index (Phi) is 3.91. The summed E-state index contributed by atoms with van der Waals surface area (Å²) in [5.41, 5.74) is 0. The molecule has 1 atom stereocenters. The highest BCUT2D eigenvalue weighted by Gasteiger charge is 2.34. The first-order chi connectivity index (χ1) is 8.95. The van der Waals surface area contributed by atoms with E-state index >= 15 is 0 Å². The lowest BCUT2D eigenvalue weighted by molar-refractivity contribution is -0.142. The van der Waals surface area contributed by atoms with Gasteiger partial charge in [-0.1, -0.05) is 0 Å². The van der Waals surface area contributed by atoms with Gasteiger partial charge in [-0.3, -0.25) is 4.79 Å². The van der Waals surface area contributed by atoms with Crippen LogP contribution in [0, 0.1) is 5.92 Å². The van der Waals surface area contributed by atoms with Gasteiger partial charge in [0, 0.05) is 25.8 Å². The molecule has 1 fully saturated rings. The van der Waals surface area contributed by atoms with Gasteiger partial charge < -0.3 is 9.67 Å². The molecule has 0 saturated carbocycles. The second-order valence-electron chi connectivity index (χ2n) is 4.58. The molecule has 0 unspecified atom stereocenters. The van der Waals surface area contributed by atoms with Crippen LogP contribution in [0.15, 0.2) is 17.6 Å². The molecular weight excluding hydrogens is 270 g/mol. The van der Waals surface area contributed by atoms with Crippen LogP contribution in [0.2, 0.25) is 0 Å². The maximum absolute atomic E-state index is 12.3. The summed E-state index contributed by atoms with van der Waals surface area (Å²) in [5.74, 6) is -1.57. The minimum Gasteiger partial charge on any atom is -0.481 e. The zero-order valence-corrected chi connectivity index (χ0v) is 11.5. The van der Waals surface area contributed by atoms with Gasteiger partial charge in [-0.25, -0.2) is 13.4 Å². The number of aromatic nitrogens is 2. The van der Waals surface area contributed by atoms with Crippen LogP contribution < -0.4 is 0 Å². The molecule has 1 saturated heterocycles. The number of sulfonamides is 1. The third-order valence-electron chi connectivity index (χ3n) is 3.31. The lowest BCUT2D eigenvalue weighted by Gasteiger charge is -2.29. The minimum atomic E-state index is -3.68. The number of nitrogens with zero attached hydrogens (tertiary/aromatic N) is 3. The van der Waals surface area contributed by atoms with Crippen molar-refractivity contribution < 1.29 is 18.3 Å². The van der Waals surface area contributed by atoms with Crippen LogP contribution in [0.25, 0.3) is 0 Å². The van der Waals surface area contributed by atoms with Crippen molar-refractivity contribution in [2.24, 2.45) is 5.92 Å². The molecule has 1 aliphatic heterocycles. The molecule has 1 aromatic heterocycles. The molecule has 0 amide bonds. The van der Waals surface area contributed by atoms with Gasteiger partial charge in [0.1, 0.15) is 0 Å². The van der Waals surface area contributed by atoms with Crippen LogP contribution in [0.5, 0.6) is 0 Å². The second-order valence-corrected chi connectivity index (χ2v) is 6.47. The summed E-state index contributed by atoms with van der Waals surface area (Å²) >= 11 is 0. The molecule has 0 aromatic carbocycles. The molecule has 8 heteroatoms. The van der Waals surface area contributed by atoms with Gasteiger partial charge in [-0.05, 0) is 19.8 Å². The SMILES string of the molecule is CCn1cnc(S(=O)(=O)N2CCC[C@@H](C(=O)O)C2)c1. The molecular formula is C11H17N3O4S. The fraction of sp³-hybridized carbons (Fsp3) is 0.636. The normalized spacial score (nSPS) is 21.4. The van der Waals surface area contributed by atoms with Crippen LogP contribution in [0.3, 0.4) is 0 Å². The molecule has 1 N–H and O–H groups in total. The largest absolute Gasteiger partial charge is 0.481 e. The number of imidazole rings is 1. The fourth-order valence-electron chi connectivity index (χ4n) is 2.14. The monoisotopic (exact) mass is 287 g/mol. The maximum Gasteiger partial charge on any atom is 0.307 e. The highest BCUT2D eigenvalue weighted by molar-refractivity contribution is 7.89. The van der Waals surface area contributed by atoms with E-state index in [-0.39, 0.29) is 11.6 Å². The Labute approximate surface area is 111 Å². The van der Waals surface area contributed by atoms with Crippen molar-refractivity contribution in [1.82, 2.24) is 13.9 Å². The maximum atomic E-state index is 12.3. The van der Waals surface area contributed by atoms with Gasteiger partial charge in [0.2, 0.25) is 0 Å². The zero-order valence-electron chi connectivity index (χ0n) is 10.7. The van der Waals surface area contributed by atoms with Crippen LogP contribution in [-0.4, -0.2) is 46.4 Å². The molecule has 0 spiro atoms. The van der Waals surface area contributed by atoms with E-state index in [1.54, 1.807) is 4.57 Å². The number of rotatable bonds is 4. The number of carboxylic acid groups (broad SMARTS) is 1. The number of hydrogen-bond acceptors (Lipinski definition) is 4. The zero-order chi connectivity index (χ0) is 14.0. The predicted octanol–water partition coefficient (Wildman–Crippen LogP) is 0.388. The summed E-state index contributed by atoms with van der Waals surface area (Å²) < 4.78 is 27.6. The molecule has 0 radical (unpaired) electrons. The third kappa shape index (κ3) is 2.79. The summed E-state index contributed by atoms with van der Waals surface area (Å²) in [4.78, 5) is 14.9. The first-order valence-corrected chi connectivity index (χ1v) is 7.64. The number of piperidine rings is 1. The smallest absolute Gasteiger partial charge is 0.307 e. The van der Waals surface area contributed by atoms with Crippen molar-refractivity contribution in [3.05, 3.63) is 12.5 Å². The van der Waals surface area contributed by atoms with Crippen molar-refractivity contribution >= 4 is 16.0 Å². The van der Waals surface area contributed by atoms with Crippen LogP contribution in [0.4, 0.5) is 0 Å². The van der Waals surface area contributed by atoms with E-state index in [9.17, 15) is 13.2 Å². The molecule has 1 aromatic rings. The Morgan fingerprint density at radius 3 is 2.89 bits per heavy atom. The lowest BCUT2D eigenvalue weighted by Crippen LogP contribution is -2.42. The van der Waals surface area contributed by atoms with Gasteiger partial charge >= 0.3 is 5.97 Å². The molecule has 19 heavy (non-hydrogen) atoms. The van der Waals surface area contributed by atoms with Gasteiger partial charge in [-0.15, -0.1) is 0 Å². The Hall–Kier alpha value is -1.41. The van der Waals surface area contributed by atoms with Crippen molar-refractivity contribution in [2.75, 3.05) is 13.1 Å². The Morgan fingerprint density at radius 1 is 1.58 bits per heavy atom. The Balaban J connectivity index is 2.21. The van der Waals surface area contributed by atoms with Crippen LogP contribution in [0.1, 0.15) is 19.8 Å². The number of carbonyl (C=O) groups is 1. The predicted molar refractivity (Wildman–Crippen MR) is 67.0 cm³/mol. The highest BCUT2D eigenvalue weighted by Crippen LogP contribution is 2.22. The Bertz CT molecular complexity index is 566. The first kappa shape index (κ1) is 14.0. The minimum absolute atomic E-state index is 0.0135. The molecule has 2 heterocycles. The molecule has 0 aliphatic carbocycles. The fourth-order valence-corrected chi connectivity index (χ4v) is 3.60. The third-order valence-corrected chi connectivity index (χ3v) is 5.06. The first-order valence-electron chi connectivity index (χ1n) is 6.20. The highest BCUT2D eigenvalue weighted by atomic mass is 32.2. The van der Waals surface area contributed by atoms with Crippen molar-refractivity contribution in [2.45, 2.75) is 31.3 Å². The van der Waals surface area contributed by atoms with Crippen molar-refractivity contribution in [1.29, 1.82) is 0 Å². The molecule has 0 bridgehead atoms. The second kappa shape index (κ2) is 5.30. The van der Waals surface area contributed by atoms with Crippen molar-refractivity contribution in [3.63, 3.8) is 0 Å². The van der Waals surface area contributed by atoms with Gasteiger partial charge in [0.15, 0.2) is 5.03 Å². The topological polar surface area (TPSA) is 92.5 Å². The molecule has 7 nitrogen and oxygen atoms in total. The van der Waals surface area contributed by atoms with E-state index < -0.39 is 21.9 Å². The summed E-state index contributed by atoms with van der Waals surface area (Å²) in [6.07, 6.45) is 4.01. The average Bonchev–Trinajstić information content (AvgIpc) is 2.88. The van der Waals surface area contributed by atoms with E-state index in [0.29, 0.717) is 25.9 Å². The molecule has 106 valence electrons. The van der Waals surface area contributed by atoms with Crippen molar-refractivity contribution in [3.8, 4) is 0 Å². The van der Waals surface area contributed by atoms with E-state index in [1.165, 1.54) is 16.8 Å². The Morgan fingerprint density at radius 2 is 2.32 bits per heavy atom. The standard InChI is InChI=1S/C11H17N3O4S/c1-2-13-7-10(12-8-13)19(17,18)14-5-3-4-9(6-14)11(15)16/h7-9H,2-6H2,1H3,(H,15,16)/t9-/m1/s1. The number of hydrogen-bond donors (Lipinski definition) is 1. The van der Waals surface area contributed by atoms with Crippen LogP contribution in [-0.2, 0) is 21.4 Å². The molecule has 1 aliphatic rings. The number of carboxylic acids is 1. The van der Waals surface area contributed by atoms with E-state index in [2.05, 4.69) is 4.98 Å². The quantitative estimate of drug-likeness (QED) is 0.864. The van der Waals surface area contributed by atoms with E-state index in [1.807, 2.05) is 6.92 Å². The summed E-state index contributed by atoms with van der Waals surface area (Å²) in [7, 11) is -3.68. The van der Waals surface area contributed by atoms with Crippen LogP contribution >= 0.6 is 0 Å². The van der Waals surface area contributed by atoms with Gasteiger partial charge in [0.05, 0.1) is 12.2 Å². The van der Waals surface area contributed by atoms with Gasteiger partial charge in [0.25, 0.3) is 10.0 Å². The van der Waals surface area contributed by atoms with E-state index in [0.717, 1.165) is 0 Å². The number of aryl methyl sites for hydroxylation is 1. The average molecular weight is 287 g/mol. The van der Waals surface area contributed by atoms with Gasteiger partial charge in [-0.2, -0.15) is 4.31 Å². The number of aliphatic carboxylic acids is 1. The summed E-state index contributed by atoms with van der Waals surface area (Å²) in [5, 5.41) is 8.98. The van der Waals surface area contributed by atoms with E-state index in [4.69, 9.17) is 5.11 Å². The summed E-state index contributed by atoms with van der Waals surface area (Å²) in [6.45, 7) is 2.90.